The topological polar surface area (TPSA) is 54.9 Å². The average molecular weight is 502 g/mol. The number of aryl methyl sites for hydroxylation is 1. The van der Waals surface area contributed by atoms with Gasteiger partial charge < -0.3 is 5.32 Å². The molecular formula is C21H16BrN3OS3. The van der Waals surface area contributed by atoms with Crippen LogP contribution in [0.1, 0.15) is 5.56 Å². The number of amides is 1. The van der Waals surface area contributed by atoms with Crippen LogP contribution in [0.5, 0.6) is 0 Å². The highest BCUT2D eigenvalue weighted by Crippen LogP contribution is 2.29. The number of thioether (sulfide) groups is 1. The lowest BCUT2D eigenvalue weighted by Crippen LogP contribution is -2.13. The molecule has 29 heavy (non-hydrogen) atoms. The Balaban J connectivity index is 1.33. The van der Waals surface area contributed by atoms with Crippen molar-refractivity contribution in [2.24, 2.45) is 0 Å². The van der Waals surface area contributed by atoms with Gasteiger partial charge in [-0.25, -0.2) is 9.97 Å². The highest BCUT2D eigenvalue weighted by Gasteiger charge is 2.11. The summed E-state index contributed by atoms with van der Waals surface area (Å²) in [6.07, 6.45) is 0. The second-order valence-corrected chi connectivity index (χ2v) is 10.1. The Morgan fingerprint density at radius 3 is 2.31 bits per heavy atom. The number of hydrogen-bond donors (Lipinski definition) is 1. The van der Waals surface area contributed by atoms with Crippen LogP contribution in [0.15, 0.2) is 68.1 Å². The van der Waals surface area contributed by atoms with Gasteiger partial charge in [0.05, 0.1) is 17.1 Å². The van der Waals surface area contributed by atoms with Crippen LogP contribution < -0.4 is 5.32 Å². The van der Waals surface area contributed by atoms with Gasteiger partial charge in [0.1, 0.15) is 0 Å². The van der Waals surface area contributed by atoms with Crippen LogP contribution in [0.25, 0.3) is 22.5 Å². The third kappa shape index (κ3) is 5.33. The zero-order chi connectivity index (χ0) is 20.2. The standard InChI is InChI=1S/C21H16BrN3OS3/c1-13-2-4-14(5-3-13)17-10-27-20(23-17)25-19(26)12-29-21-24-18(11-28-21)15-6-8-16(22)9-7-15/h2-11H,12H2,1H3,(H,23,25,26). The van der Waals surface area contributed by atoms with Crippen LogP contribution in [-0.2, 0) is 4.79 Å². The third-order valence-electron chi connectivity index (χ3n) is 4.05. The van der Waals surface area contributed by atoms with Crippen molar-refractivity contribution in [2.75, 3.05) is 11.1 Å². The van der Waals surface area contributed by atoms with Crippen LogP contribution in [0.3, 0.4) is 0 Å². The van der Waals surface area contributed by atoms with E-state index in [1.807, 2.05) is 47.2 Å². The lowest BCUT2D eigenvalue weighted by Gasteiger charge is -2.00. The van der Waals surface area contributed by atoms with Gasteiger partial charge in [-0.05, 0) is 19.1 Å². The molecule has 146 valence electrons. The number of anilines is 1. The summed E-state index contributed by atoms with van der Waals surface area (Å²) in [4.78, 5) is 21.4. The van der Waals surface area contributed by atoms with E-state index in [0.717, 1.165) is 31.3 Å². The number of thiazole rings is 2. The maximum atomic E-state index is 12.3. The summed E-state index contributed by atoms with van der Waals surface area (Å²) in [5.74, 6) is 0.215. The zero-order valence-corrected chi connectivity index (χ0v) is 19.4. The van der Waals surface area contributed by atoms with E-state index in [4.69, 9.17) is 0 Å². The molecule has 4 aromatic rings. The predicted octanol–water partition coefficient (Wildman–Crippen LogP) is 6.74. The van der Waals surface area contributed by atoms with Gasteiger partial charge in [-0.3, -0.25) is 4.79 Å². The molecule has 1 N–H and O–H groups in total. The quantitative estimate of drug-likeness (QED) is 0.297. The maximum absolute atomic E-state index is 12.3. The Labute approximate surface area is 189 Å². The Morgan fingerprint density at radius 2 is 1.59 bits per heavy atom. The number of carbonyl (C=O) groups excluding carboxylic acids is 1. The minimum Gasteiger partial charge on any atom is -0.301 e. The Bertz CT molecular complexity index is 1120. The van der Waals surface area contributed by atoms with Crippen molar-refractivity contribution < 1.29 is 4.79 Å². The van der Waals surface area contributed by atoms with Gasteiger partial charge in [-0.1, -0.05) is 69.7 Å². The van der Waals surface area contributed by atoms with E-state index < -0.39 is 0 Å². The van der Waals surface area contributed by atoms with Crippen molar-refractivity contribution in [2.45, 2.75) is 11.3 Å². The number of nitrogens with zero attached hydrogens (tertiary/aromatic N) is 2. The average Bonchev–Trinajstić information content (AvgIpc) is 3.37. The smallest absolute Gasteiger partial charge is 0.236 e. The fraction of sp³-hybridized carbons (Fsp3) is 0.0952. The minimum absolute atomic E-state index is 0.0832. The van der Waals surface area contributed by atoms with Crippen LogP contribution in [0.4, 0.5) is 5.13 Å². The molecule has 2 heterocycles. The van der Waals surface area contributed by atoms with E-state index in [2.05, 4.69) is 50.3 Å². The summed E-state index contributed by atoms with van der Waals surface area (Å²) >= 11 is 7.85. The minimum atomic E-state index is -0.0832. The zero-order valence-electron chi connectivity index (χ0n) is 15.4. The molecule has 0 unspecified atom stereocenters. The van der Waals surface area contributed by atoms with Crippen LogP contribution in [-0.4, -0.2) is 21.6 Å². The Hall–Kier alpha value is -2.00. The monoisotopic (exact) mass is 501 g/mol. The highest BCUT2D eigenvalue weighted by molar-refractivity contribution is 9.10. The second-order valence-electron chi connectivity index (χ2n) is 6.25. The van der Waals surface area contributed by atoms with Crippen LogP contribution in [0, 0.1) is 6.92 Å². The SMILES string of the molecule is Cc1ccc(-c2csc(NC(=O)CSc3nc(-c4ccc(Br)cc4)cs3)n2)cc1. The maximum Gasteiger partial charge on any atom is 0.236 e. The highest BCUT2D eigenvalue weighted by atomic mass is 79.9. The summed E-state index contributed by atoms with van der Waals surface area (Å²) in [5.41, 5.74) is 5.11. The summed E-state index contributed by atoms with van der Waals surface area (Å²) in [6, 6.07) is 16.2. The van der Waals surface area contributed by atoms with E-state index >= 15 is 0 Å². The van der Waals surface area contributed by atoms with Crippen molar-refractivity contribution in [3.63, 3.8) is 0 Å². The van der Waals surface area contributed by atoms with Gasteiger partial charge in [0.25, 0.3) is 0 Å². The molecule has 2 aromatic heterocycles. The summed E-state index contributed by atoms with van der Waals surface area (Å²) in [7, 11) is 0. The molecular weight excluding hydrogens is 486 g/mol. The molecule has 1 amide bonds. The molecule has 8 heteroatoms. The van der Waals surface area contributed by atoms with E-state index in [9.17, 15) is 4.79 Å². The summed E-state index contributed by atoms with van der Waals surface area (Å²) in [6.45, 7) is 2.05. The molecule has 0 atom stereocenters. The first-order chi connectivity index (χ1) is 14.1. The van der Waals surface area contributed by atoms with Gasteiger partial charge in [0.15, 0.2) is 9.47 Å². The van der Waals surface area contributed by atoms with Gasteiger partial charge in [0, 0.05) is 26.4 Å². The molecule has 0 spiro atoms. The molecule has 0 aliphatic carbocycles. The lowest BCUT2D eigenvalue weighted by molar-refractivity contribution is -0.113. The molecule has 4 rings (SSSR count). The number of nitrogens with one attached hydrogen (secondary N) is 1. The number of hydrogen-bond acceptors (Lipinski definition) is 6. The molecule has 0 aliphatic heterocycles. The van der Waals surface area contributed by atoms with Gasteiger partial charge >= 0.3 is 0 Å². The third-order valence-corrected chi connectivity index (χ3v) is 7.36. The van der Waals surface area contributed by atoms with Crippen molar-refractivity contribution in [3.05, 3.63) is 69.3 Å². The second kappa shape index (κ2) is 9.21. The number of benzene rings is 2. The van der Waals surface area contributed by atoms with E-state index in [1.165, 1.54) is 28.7 Å². The first-order valence-corrected chi connectivity index (χ1v) is 12.3. The largest absolute Gasteiger partial charge is 0.301 e. The molecule has 0 saturated heterocycles. The van der Waals surface area contributed by atoms with E-state index in [1.54, 1.807) is 11.3 Å². The lowest BCUT2D eigenvalue weighted by atomic mass is 10.1. The van der Waals surface area contributed by atoms with Crippen molar-refractivity contribution in [3.8, 4) is 22.5 Å². The summed E-state index contributed by atoms with van der Waals surface area (Å²) in [5, 5.41) is 7.46. The van der Waals surface area contributed by atoms with E-state index in [-0.39, 0.29) is 5.91 Å². The van der Waals surface area contributed by atoms with Crippen molar-refractivity contribution >= 4 is 61.4 Å². The molecule has 0 radical (unpaired) electrons. The number of carbonyl (C=O) groups is 1. The molecule has 0 saturated carbocycles. The van der Waals surface area contributed by atoms with Crippen LogP contribution >= 0.6 is 50.4 Å². The first kappa shape index (κ1) is 20.3. The first-order valence-electron chi connectivity index (χ1n) is 8.73. The normalized spacial score (nSPS) is 10.8. The van der Waals surface area contributed by atoms with Gasteiger partial charge in [-0.2, -0.15) is 0 Å². The fourth-order valence-corrected chi connectivity index (χ4v) is 5.18. The molecule has 0 fully saturated rings. The number of halogens is 1. The molecule has 0 bridgehead atoms. The van der Waals surface area contributed by atoms with Crippen molar-refractivity contribution in [1.82, 2.24) is 9.97 Å². The summed E-state index contributed by atoms with van der Waals surface area (Å²) < 4.78 is 1.91. The molecule has 2 aromatic carbocycles. The molecule has 4 nitrogen and oxygen atoms in total. The number of aromatic nitrogens is 2. The Kier molecular flexibility index (Phi) is 6.44. The number of rotatable bonds is 6. The van der Waals surface area contributed by atoms with Crippen LogP contribution in [0.2, 0.25) is 0 Å². The van der Waals surface area contributed by atoms with Gasteiger partial charge in [0.2, 0.25) is 5.91 Å². The van der Waals surface area contributed by atoms with Crippen molar-refractivity contribution in [1.29, 1.82) is 0 Å². The fourth-order valence-electron chi connectivity index (χ4n) is 2.55. The Morgan fingerprint density at radius 1 is 0.966 bits per heavy atom. The predicted molar refractivity (Wildman–Crippen MR) is 127 cm³/mol. The van der Waals surface area contributed by atoms with Gasteiger partial charge in [-0.15, -0.1) is 22.7 Å². The molecule has 0 aliphatic rings. The van der Waals surface area contributed by atoms with E-state index in [0.29, 0.717) is 10.9 Å².